The largest absolute Gasteiger partial charge is 0.460 e. The molecule has 18 nitrogen and oxygen atoms in total. The summed E-state index contributed by atoms with van der Waals surface area (Å²) in [5.41, 5.74) is 14.8. The molecule has 276 valence electrons. The van der Waals surface area contributed by atoms with Gasteiger partial charge >= 0.3 is 23.9 Å². The quantitative estimate of drug-likeness (QED) is 0.0646. The van der Waals surface area contributed by atoms with Crippen LogP contribution in [0.2, 0.25) is 0 Å². The minimum absolute atomic E-state index is 0.0565. The third-order valence-corrected chi connectivity index (χ3v) is 7.33. The highest BCUT2D eigenvalue weighted by Gasteiger charge is 2.51. The van der Waals surface area contributed by atoms with Crippen LogP contribution < -0.4 is 11.1 Å². The molecule has 2 aromatic rings. The highest BCUT2D eigenvalue weighted by atomic mass is 16.6. The number of carbonyl (C=O) groups excluding carboxylic acids is 4. The van der Waals surface area contributed by atoms with Crippen molar-refractivity contribution >= 4 is 46.8 Å². The van der Waals surface area contributed by atoms with Crippen LogP contribution in [0.5, 0.6) is 0 Å². The van der Waals surface area contributed by atoms with Gasteiger partial charge in [-0.25, -0.2) is 4.98 Å². The number of anilines is 2. The van der Waals surface area contributed by atoms with Crippen LogP contribution in [0.25, 0.3) is 21.6 Å². The van der Waals surface area contributed by atoms with Crippen molar-refractivity contribution in [1.29, 1.82) is 0 Å². The van der Waals surface area contributed by atoms with Gasteiger partial charge in [-0.3, -0.25) is 23.7 Å². The number of hydrogen-bond acceptors (Lipinski definition) is 15. The van der Waals surface area contributed by atoms with E-state index < -0.39 is 59.6 Å². The summed E-state index contributed by atoms with van der Waals surface area (Å²) < 4.78 is 30.0. The first-order chi connectivity index (χ1) is 23.3. The summed E-state index contributed by atoms with van der Waals surface area (Å²) in [4.78, 5) is 65.4. The maximum Gasteiger partial charge on any atom is 0.309 e. The van der Waals surface area contributed by atoms with Gasteiger partial charge in [0.2, 0.25) is 5.95 Å². The van der Waals surface area contributed by atoms with E-state index in [0.29, 0.717) is 25.8 Å². The molecule has 0 spiro atoms. The SMILES string of the molecule is CC(=O)O[C@@H]1[C@H](OC(C)=O)[C@@H](C[C@H](CC[C@H](C)C(=O)OC(C)(C)C)N=[N+]=[N-])O[C@H]1n1cnc2c(N)nc(NCCCC(=O)OC(C)(C)C)nc21. The van der Waals surface area contributed by atoms with Gasteiger partial charge in [0.25, 0.3) is 0 Å². The molecule has 50 heavy (non-hydrogen) atoms. The molecule has 2 aromatic heterocycles. The molecule has 0 aliphatic carbocycles. The van der Waals surface area contributed by atoms with Crippen molar-refractivity contribution in [2.45, 2.75) is 136 Å². The van der Waals surface area contributed by atoms with Crippen LogP contribution in [-0.4, -0.2) is 85.5 Å². The average molecular weight is 704 g/mol. The van der Waals surface area contributed by atoms with E-state index >= 15 is 0 Å². The van der Waals surface area contributed by atoms with Crippen LogP contribution in [0.3, 0.4) is 0 Å². The number of esters is 4. The van der Waals surface area contributed by atoms with E-state index in [9.17, 15) is 24.7 Å². The Morgan fingerprint density at radius 1 is 1.04 bits per heavy atom. The monoisotopic (exact) mass is 703 g/mol. The Balaban J connectivity index is 1.87. The second-order valence-corrected chi connectivity index (χ2v) is 14.2. The topological polar surface area (TPSA) is 245 Å². The highest BCUT2D eigenvalue weighted by molar-refractivity contribution is 5.83. The lowest BCUT2D eigenvalue weighted by Gasteiger charge is -2.25. The van der Waals surface area contributed by atoms with Crippen molar-refractivity contribution in [3.8, 4) is 0 Å². The number of nitrogens with zero attached hydrogens (tertiary/aromatic N) is 7. The first-order valence-electron chi connectivity index (χ1n) is 16.5. The minimum atomic E-state index is -1.16. The number of nitrogens with two attached hydrogens (primary N) is 1. The fourth-order valence-electron chi connectivity index (χ4n) is 5.33. The molecule has 1 saturated heterocycles. The van der Waals surface area contributed by atoms with Gasteiger partial charge in [0.15, 0.2) is 29.9 Å². The van der Waals surface area contributed by atoms with E-state index in [1.165, 1.54) is 24.7 Å². The molecular weight excluding hydrogens is 654 g/mol. The van der Waals surface area contributed by atoms with Crippen LogP contribution in [0.15, 0.2) is 11.4 Å². The molecule has 0 aromatic carbocycles. The fourth-order valence-corrected chi connectivity index (χ4v) is 5.33. The van der Waals surface area contributed by atoms with E-state index in [1.54, 1.807) is 48.5 Å². The lowest BCUT2D eigenvalue weighted by atomic mass is 9.96. The second-order valence-electron chi connectivity index (χ2n) is 14.2. The smallest absolute Gasteiger partial charge is 0.309 e. The highest BCUT2D eigenvalue weighted by Crippen LogP contribution is 2.38. The van der Waals surface area contributed by atoms with E-state index in [-0.39, 0.29) is 47.7 Å². The minimum Gasteiger partial charge on any atom is -0.460 e. The Hall–Kier alpha value is -4.70. The van der Waals surface area contributed by atoms with Gasteiger partial charge in [-0.05, 0) is 72.8 Å². The summed E-state index contributed by atoms with van der Waals surface area (Å²) in [7, 11) is 0. The van der Waals surface area contributed by atoms with Crippen molar-refractivity contribution in [3.05, 3.63) is 16.8 Å². The van der Waals surface area contributed by atoms with Crippen LogP contribution in [0, 0.1) is 5.92 Å². The Kier molecular flexibility index (Phi) is 13.4. The number of carbonyl (C=O) groups is 4. The van der Waals surface area contributed by atoms with Crippen molar-refractivity contribution in [2.24, 2.45) is 11.0 Å². The lowest BCUT2D eigenvalue weighted by molar-refractivity contribution is -0.165. The second kappa shape index (κ2) is 16.8. The number of nitrogen functional groups attached to an aromatic ring is 1. The molecule has 0 unspecified atom stereocenters. The zero-order valence-corrected chi connectivity index (χ0v) is 30.2. The third kappa shape index (κ3) is 11.7. The van der Waals surface area contributed by atoms with E-state index in [4.69, 9.17) is 29.4 Å². The standard InChI is InChI=1S/C32H49N9O9/c1-17(29(45)50-32(7,8)9)12-13-20(39-40-34)15-21-24(46-18(2)42)25(47-19(3)43)28(48-21)41-16-36-23-26(33)37-30(38-27(23)41)35-14-10-11-22(44)49-31(4,5)6/h16-17,20-21,24-25,28H,10-15H2,1-9H3,(H3,33,35,37,38)/t17-,20-,21+,24+,25+,28+/m0/s1. The molecule has 0 bridgehead atoms. The number of fused-ring (bicyclic) bond motifs is 1. The zero-order valence-electron chi connectivity index (χ0n) is 30.2. The number of nitrogens with one attached hydrogen (secondary N) is 1. The summed E-state index contributed by atoms with van der Waals surface area (Å²) >= 11 is 0. The van der Waals surface area contributed by atoms with Crippen molar-refractivity contribution in [3.63, 3.8) is 0 Å². The summed E-state index contributed by atoms with van der Waals surface area (Å²) in [6.45, 7) is 15.2. The molecule has 0 amide bonds. The number of aromatic nitrogens is 4. The molecule has 1 fully saturated rings. The number of hydrogen-bond donors (Lipinski definition) is 2. The van der Waals surface area contributed by atoms with E-state index in [0.717, 1.165) is 0 Å². The van der Waals surface area contributed by atoms with Gasteiger partial charge in [0, 0.05) is 37.8 Å². The predicted molar refractivity (Wildman–Crippen MR) is 180 cm³/mol. The van der Waals surface area contributed by atoms with Gasteiger partial charge in [-0.2, -0.15) is 9.97 Å². The van der Waals surface area contributed by atoms with Crippen molar-refractivity contribution < 1.29 is 42.9 Å². The summed E-state index contributed by atoms with van der Waals surface area (Å²) in [5.74, 6) is -2.30. The van der Waals surface area contributed by atoms with Crippen LogP contribution in [-0.2, 0) is 42.9 Å². The van der Waals surface area contributed by atoms with Gasteiger partial charge in [0.1, 0.15) is 22.8 Å². The van der Waals surface area contributed by atoms with Gasteiger partial charge < -0.3 is 34.7 Å². The van der Waals surface area contributed by atoms with Gasteiger partial charge in [0.05, 0.1) is 12.2 Å². The number of imidazole rings is 1. The Morgan fingerprint density at radius 3 is 2.28 bits per heavy atom. The number of azide groups is 1. The molecule has 3 heterocycles. The number of rotatable bonds is 15. The molecular formula is C32H49N9O9. The lowest BCUT2D eigenvalue weighted by Crippen LogP contribution is -2.39. The zero-order chi connectivity index (χ0) is 37.4. The summed E-state index contributed by atoms with van der Waals surface area (Å²) in [6, 6.07) is -0.682. The van der Waals surface area contributed by atoms with Crippen LogP contribution in [0.1, 0.15) is 101 Å². The molecule has 0 radical (unpaired) electrons. The van der Waals surface area contributed by atoms with E-state index in [2.05, 4.69) is 30.3 Å². The molecule has 6 atom stereocenters. The summed E-state index contributed by atoms with van der Waals surface area (Å²) in [6.07, 6.45) is -1.58. The molecule has 1 aliphatic heterocycles. The molecule has 3 rings (SSSR count). The predicted octanol–water partition coefficient (Wildman–Crippen LogP) is 4.53. The van der Waals surface area contributed by atoms with Crippen LogP contribution >= 0.6 is 0 Å². The first kappa shape index (κ1) is 39.7. The Morgan fingerprint density at radius 2 is 1.68 bits per heavy atom. The maximum atomic E-state index is 12.6. The maximum absolute atomic E-state index is 12.6. The van der Waals surface area contributed by atoms with E-state index in [1.807, 2.05) is 0 Å². The molecule has 0 saturated carbocycles. The first-order valence-corrected chi connectivity index (χ1v) is 16.5. The normalized spacial score (nSPS) is 20.3. The third-order valence-electron chi connectivity index (χ3n) is 7.33. The molecule has 3 N–H and O–H groups in total. The van der Waals surface area contributed by atoms with Gasteiger partial charge in [-0.1, -0.05) is 12.0 Å². The summed E-state index contributed by atoms with van der Waals surface area (Å²) in [5, 5.41) is 6.97. The fraction of sp³-hybridized carbons (Fsp3) is 0.719. The van der Waals surface area contributed by atoms with Crippen molar-refractivity contribution in [1.82, 2.24) is 19.5 Å². The van der Waals surface area contributed by atoms with Gasteiger partial charge in [-0.15, -0.1) is 0 Å². The van der Waals surface area contributed by atoms with Crippen LogP contribution in [0.4, 0.5) is 11.8 Å². The molecule has 18 heteroatoms. The Bertz CT molecular complexity index is 1580. The average Bonchev–Trinajstić information content (AvgIpc) is 3.53. The Labute approximate surface area is 290 Å². The molecule has 1 aliphatic rings. The van der Waals surface area contributed by atoms with Crippen molar-refractivity contribution in [2.75, 3.05) is 17.6 Å². The number of ether oxygens (including phenoxy) is 5.